The van der Waals surface area contributed by atoms with Gasteiger partial charge < -0.3 is 11.1 Å². The third kappa shape index (κ3) is 5.97. The quantitative estimate of drug-likeness (QED) is 0.612. The number of nitrogens with one attached hydrogen (secondary N) is 1. The van der Waals surface area contributed by atoms with E-state index in [9.17, 15) is 4.79 Å². The van der Waals surface area contributed by atoms with E-state index in [-0.39, 0.29) is 11.8 Å². The van der Waals surface area contributed by atoms with Crippen LogP contribution in [0.4, 0.5) is 0 Å². The molecule has 0 heterocycles. The zero-order valence-electron chi connectivity index (χ0n) is 9.68. The Morgan fingerprint density at radius 2 is 1.86 bits per heavy atom. The van der Waals surface area contributed by atoms with E-state index >= 15 is 0 Å². The summed E-state index contributed by atoms with van der Waals surface area (Å²) in [6, 6.07) is 0. The first-order valence-electron chi connectivity index (χ1n) is 5.57. The second kappa shape index (κ2) is 7.80. The predicted octanol–water partition coefficient (Wildman–Crippen LogP) is 1.52. The van der Waals surface area contributed by atoms with Crippen molar-refractivity contribution >= 4 is 5.91 Å². The summed E-state index contributed by atoms with van der Waals surface area (Å²) in [5, 5.41) is 2.94. The number of unbranched alkanes of at least 4 members (excludes halogenated alkanes) is 2. The molecule has 0 aromatic carbocycles. The molecule has 0 aliphatic rings. The van der Waals surface area contributed by atoms with E-state index in [2.05, 4.69) is 19.2 Å². The van der Waals surface area contributed by atoms with Crippen LogP contribution >= 0.6 is 0 Å². The largest absolute Gasteiger partial charge is 0.356 e. The van der Waals surface area contributed by atoms with E-state index < -0.39 is 0 Å². The maximum Gasteiger partial charge on any atom is 0.223 e. The van der Waals surface area contributed by atoms with Gasteiger partial charge in [0.2, 0.25) is 5.91 Å². The van der Waals surface area contributed by atoms with Gasteiger partial charge in [0.1, 0.15) is 0 Å². The van der Waals surface area contributed by atoms with E-state index in [1.54, 1.807) is 0 Å². The van der Waals surface area contributed by atoms with Crippen LogP contribution in [-0.4, -0.2) is 19.0 Å². The summed E-state index contributed by atoms with van der Waals surface area (Å²) < 4.78 is 0. The molecule has 0 fully saturated rings. The average molecular weight is 200 g/mol. The fourth-order valence-corrected chi connectivity index (χ4v) is 1.12. The normalized spacial score (nSPS) is 12.9. The summed E-state index contributed by atoms with van der Waals surface area (Å²) in [5.74, 6) is 0.705. The van der Waals surface area contributed by atoms with E-state index in [1.165, 1.54) is 0 Å². The van der Waals surface area contributed by atoms with E-state index in [4.69, 9.17) is 5.73 Å². The van der Waals surface area contributed by atoms with Crippen LogP contribution in [0.2, 0.25) is 0 Å². The average Bonchev–Trinajstić information content (AvgIpc) is 2.16. The van der Waals surface area contributed by atoms with Gasteiger partial charge in [-0.05, 0) is 25.3 Å². The number of rotatable bonds is 7. The third-order valence-electron chi connectivity index (χ3n) is 2.59. The summed E-state index contributed by atoms with van der Waals surface area (Å²) in [6.07, 6.45) is 3.19. The molecule has 1 atom stereocenters. The lowest BCUT2D eigenvalue weighted by Crippen LogP contribution is -2.32. The van der Waals surface area contributed by atoms with Gasteiger partial charge >= 0.3 is 0 Å². The minimum atomic E-state index is 0.115. The molecule has 0 rings (SSSR count). The zero-order valence-corrected chi connectivity index (χ0v) is 9.68. The van der Waals surface area contributed by atoms with Gasteiger partial charge in [-0.25, -0.2) is 0 Å². The Morgan fingerprint density at radius 3 is 2.36 bits per heavy atom. The van der Waals surface area contributed by atoms with Crippen LogP contribution in [-0.2, 0) is 4.79 Å². The minimum absolute atomic E-state index is 0.115. The molecule has 0 aromatic rings. The molecule has 0 aliphatic carbocycles. The van der Waals surface area contributed by atoms with Crippen molar-refractivity contribution in [2.24, 2.45) is 17.6 Å². The van der Waals surface area contributed by atoms with Crippen molar-refractivity contribution in [1.82, 2.24) is 5.32 Å². The maximum atomic E-state index is 11.5. The molecule has 3 heteroatoms. The maximum absolute atomic E-state index is 11.5. The summed E-state index contributed by atoms with van der Waals surface area (Å²) in [5.41, 5.74) is 5.37. The fourth-order valence-electron chi connectivity index (χ4n) is 1.12. The second-order valence-electron chi connectivity index (χ2n) is 4.17. The van der Waals surface area contributed by atoms with Crippen LogP contribution in [0.25, 0.3) is 0 Å². The summed E-state index contributed by atoms with van der Waals surface area (Å²) in [4.78, 5) is 11.5. The van der Waals surface area contributed by atoms with Gasteiger partial charge in [0.05, 0.1) is 0 Å². The number of hydrogen-bond donors (Lipinski definition) is 2. The molecule has 1 amide bonds. The van der Waals surface area contributed by atoms with Gasteiger partial charge in [0, 0.05) is 12.5 Å². The summed E-state index contributed by atoms with van der Waals surface area (Å²) >= 11 is 0. The van der Waals surface area contributed by atoms with Crippen LogP contribution in [0.5, 0.6) is 0 Å². The lowest BCUT2D eigenvalue weighted by Gasteiger charge is -2.15. The Morgan fingerprint density at radius 1 is 1.21 bits per heavy atom. The van der Waals surface area contributed by atoms with Gasteiger partial charge in [-0.15, -0.1) is 0 Å². The first kappa shape index (κ1) is 13.4. The van der Waals surface area contributed by atoms with Gasteiger partial charge in [0.25, 0.3) is 0 Å². The number of carbonyl (C=O) groups is 1. The highest BCUT2D eigenvalue weighted by Gasteiger charge is 2.15. The van der Waals surface area contributed by atoms with Crippen molar-refractivity contribution in [3.05, 3.63) is 0 Å². The van der Waals surface area contributed by atoms with Crippen LogP contribution in [0, 0.1) is 11.8 Å². The molecule has 3 N–H and O–H groups in total. The Bertz CT molecular complexity index is 157. The highest BCUT2D eigenvalue weighted by molar-refractivity contribution is 5.78. The summed E-state index contributed by atoms with van der Waals surface area (Å²) in [7, 11) is 0. The van der Waals surface area contributed by atoms with E-state index in [1.807, 2.05) is 6.92 Å². The number of amides is 1. The third-order valence-corrected chi connectivity index (χ3v) is 2.59. The molecule has 3 nitrogen and oxygen atoms in total. The molecule has 0 aromatic heterocycles. The molecule has 0 radical (unpaired) electrons. The molecule has 14 heavy (non-hydrogen) atoms. The highest BCUT2D eigenvalue weighted by Crippen LogP contribution is 2.08. The SMILES string of the molecule is CC(C)C(C)C(=O)NCCCCCN. The molecule has 0 aliphatic heterocycles. The van der Waals surface area contributed by atoms with Crippen LogP contribution in [0.15, 0.2) is 0 Å². The Labute approximate surface area is 87.4 Å². The van der Waals surface area contributed by atoms with Gasteiger partial charge in [-0.2, -0.15) is 0 Å². The summed E-state index contributed by atoms with van der Waals surface area (Å²) in [6.45, 7) is 7.64. The van der Waals surface area contributed by atoms with E-state index in [0.717, 1.165) is 32.4 Å². The molecule has 0 saturated carbocycles. The standard InChI is InChI=1S/C11H24N2O/c1-9(2)10(3)11(14)13-8-6-4-5-7-12/h9-10H,4-8,12H2,1-3H3,(H,13,14). The van der Waals surface area contributed by atoms with Gasteiger partial charge in [0.15, 0.2) is 0 Å². The minimum Gasteiger partial charge on any atom is -0.356 e. The molecular weight excluding hydrogens is 176 g/mol. The molecular formula is C11H24N2O. The Kier molecular flexibility index (Phi) is 7.48. The fraction of sp³-hybridized carbons (Fsp3) is 0.909. The Hall–Kier alpha value is -0.570. The van der Waals surface area contributed by atoms with Crippen molar-refractivity contribution in [1.29, 1.82) is 0 Å². The number of carbonyl (C=O) groups excluding carboxylic acids is 1. The van der Waals surface area contributed by atoms with Crippen molar-refractivity contribution in [2.45, 2.75) is 40.0 Å². The van der Waals surface area contributed by atoms with Crippen molar-refractivity contribution in [2.75, 3.05) is 13.1 Å². The second-order valence-corrected chi connectivity index (χ2v) is 4.17. The van der Waals surface area contributed by atoms with Gasteiger partial charge in [-0.1, -0.05) is 27.2 Å². The first-order valence-corrected chi connectivity index (χ1v) is 5.57. The lowest BCUT2D eigenvalue weighted by atomic mass is 9.97. The molecule has 0 saturated heterocycles. The monoisotopic (exact) mass is 200 g/mol. The highest BCUT2D eigenvalue weighted by atomic mass is 16.1. The smallest absolute Gasteiger partial charge is 0.223 e. The molecule has 1 unspecified atom stereocenters. The van der Waals surface area contributed by atoms with Crippen LogP contribution < -0.4 is 11.1 Å². The number of nitrogens with two attached hydrogens (primary N) is 1. The lowest BCUT2D eigenvalue weighted by molar-refractivity contribution is -0.125. The molecule has 0 spiro atoms. The first-order chi connectivity index (χ1) is 6.59. The predicted molar refractivity (Wildman–Crippen MR) is 59.9 cm³/mol. The zero-order chi connectivity index (χ0) is 11.0. The van der Waals surface area contributed by atoms with Crippen molar-refractivity contribution < 1.29 is 4.79 Å². The van der Waals surface area contributed by atoms with Crippen molar-refractivity contribution in [3.8, 4) is 0 Å². The molecule has 0 bridgehead atoms. The van der Waals surface area contributed by atoms with Crippen molar-refractivity contribution in [3.63, 3.8) is 0 Å². The number of hydrogen-bond acceptors (Lipinski definition) is 2. The molecule has 84 valence electrons. The Balaban J connectivity index is 3.44. The van der Waals surface area contributed by atoms with Crippen LogP contribution in [0.3, 0.4) is 0 Å². The van der Waals surface area contributed by atoms with Crippen LogP contribution in [0.1, 0.15) is 40.0 Å². The van der Waals surface area contributed by atoms with E-state index in [0.29, 0.717) is 5.92 Å². The van der Waals surface area contributed by atoms with Gasteiger partial charge in [-0.3, -0.25) is 4.79 Å². The topological polar surface area (TPSA) is 55.1 Å².